The summed E-state index contributed by atoms with van der Waals surface area (Å²) in [6.45, 7) is 3.56. The molecule has 0 aliphatic carbocycles. The summed E-state index contributed by atoms with van der Waals surface area (Å²) >= 11 is 0. The van der Waals surface area contributed by atoms with Crippen molar-refractivity contribution in [1.82, 2.24) is 5.32 Å². The molecule has 8 nitrogen and oxygen atoms in total. The van der Waals surface area contributed by atoms with E-state index in [2.05, 4.69) is 10.6 Å². The summed E-state index contributed by atoms with van der Waals surface area (Å²) in [4.78, 5) is 22.7. The summed E-state index contributed by atoms with van der Waals surface area (Å²) in [5, 5.41) is 16.3. The van der Waals surface area contributed by atoms with Crippen LogP contribution in [0.15, 0.2) is 36.4 Å². The highest BCUT2D eigenvalue weighted by molar-refractivity contribution is 5.90. The summed E-state index contributed by atoms with van der Waals surface area (Å²) < 4.78 is 10.5. The summed E-state index contributed by atoms with van der Waals surface area (Å²) in [5.74, 6) is 1.26. The Hall–Kier alpha value is -3.29. The number of nitrogens with one attached hydrogen (secondary N) is 2. The molecule has 0 heterocycles. The molecule has 0 aliphatic rings. The lowest BCUT2D eigenvalue weighted by Gasteiger charge is -2.19. The molecule has 1 unspecified atom stereocenters. The van der Waals surface area contributed by atoms with Crippen molar-refractivity contribution in [3.63, 3.8) is 0 Å². The third kappa shape index (κ3) is 4.41. The van der Waals surface area contributed by atoms with Crippen LogP contribution in [0.4, 0.5) is 16.2 Å². The van der Waals surface area contributed by atoms with Crippen LogP contribution in [0.3, 0.4) is 0 Å². The van der Waals surface area contributed by atoms with E-state index < -0.39 is 11.0 Å². The number of hydrogen-bond acceptors (Lipinski definition) is 5. The number of aryl methyl sites for hydroxylation is 1. The van der Waals surface area contributed by atoms with Gasteiger partial charge in [-0.15, -0.1) is 0 Å². The van der Waals surface area contributed by atoms with Gasteiger partial charge in [0.25, 0.3) is 5.69 Å². The van der Waals surface area contributed by atoms with E-state index in [1.165, 1.54) is 12.1 Å². The molecule has 2 aromatic carbocycles. The zero-order chi connectivity index (χ0) is 19.3. The van der Waals surface area contributed by atoms with E-state index in [1.807, 2.05) is 0 Å². The maximum Gasteiger partial charge on any atom is 0.319 e. The highest BCUT2D eigenvalue weighted by Crippen LogP contribution is 2.29. The van der Waals surface area contributed by atoms with Gasteiger partial charge < -0.3 is 20.1 Å². The summed E-state index contributed by atoms with van der Waals surface area (Å²) in [6, 6.07) is 8.75. The molecule has 0 bridgehead atoms. The Labute approximate surface area is 151 Å². The molecule has 0 radical (unpaired) electrons. The number of amides is 2. The Bertz CT molecular complexity index is 822. The lowest BCUT2D eigenvalue weighted by Crippen LogP contribution is -2.31. The van der Waals surface area contributed by atoms with Gasteiger partial charge in [-0.2, -0.15) is 0 Å². The Morgan fingerprint density at radius 2 is 1.88 bits per heavy atom. The van der Waals surface area contributed by atoms with Gasteiger partial charge in [0, 0.05) is 17.7 Å². The van der Waals surface area contributed by atoms with Crippen molar-refractivity contribution in [3.05, 3.63) is 57.6 Å². The van der Waals surface area contributed by atoms with Crippen molar-refractivity contribution in [2.45, 2.75) is 19.9 Å². The van der Waals surface area contributed by atoms with E-state index in [-0.39, 0.29) is 11.7 Å². The van der Waals surface area contributed by atoms with Gasteiger partial charge in [0.1, 0.15) is 11.5 Å². The minimum absolute atomic E-state index is 0.0894. The van der Waals surface area contributed by atoms with Crippen molar-refractivity contribution >= 4 is 17.4 Å². The SMILES string of the molecule is COc1ccc(OC)c(C(C)NC(=O)Nc2cc([N+](=O)[O-])ccc2C)c1. The van der Waals surface area contributed by atoms with Crippen LogP contribution in [0.1, 0.15) is 24.1 Å². The smallest absolute Gasteiger partial charge is 0.319 e. The number of anilines is 1. The molecule has 0 aliphatic heterocycles. The fraction of sp³-hybridized carbons (Fsp3) is 0.278. The molecule has 0 fully saturated rings. The van der Waals surface area contributed by atoms with Gasteiger partial charge in [0.15, 0.2) is 0 Å². The lowest BCUT2D eigenvalue weighted by molar-refractivity contribution is -0.384. The van der Waals surface area contributed by atoms with Gasteiger partial charge in [0.2, 0.25) is 0 Å². The molecule has 0 aromatic heterocycles. The number of non-ortho nitro benzene ring substituents is 1. The van der Waals surface area contributed by atoms with E-state index >= 15 is 0 Å². The minimum atomic E-state index is -0.508. The first-order valence-electron chi connectivity index (χ1n) is 7.90. The van der Waals surface area contributed by atoms with Crippen LogP contribution in [-0.2, 0) is 0 Å². The second-order valence-corrected chi connectivity index (χ2v) is 5.68. The quantitative estimate of drug-likeness (QED) is 0.603. The number of benzene rings is 2. The van der Waals surface area contributed by atoms with E-state index in [0.29, 0.717) is 17.2 Å². The van der Waals surface area contributed by atoms with Crippen molar-refractivity contribution in [3.8, 4) is 11.5 Å². The predicted octanol–water partition coefficient (Wildman–Crippen LogP) is 3.80. The third-order valence-electron chi connectivity index (χ3n) is 3.93. The maximum absolute atomic E-state index is 12.3. The second kappa shape index (κ2) is 8.19. The number of hydrogen-bond donors (Lipinski definition) is 2. The molecule has 0 spiro atoms. The number of nitrogens with zero attached hydrogens (tertiary/aromatic N) is 1. The van der Waals surface area contributed by atoms with Crippen molar-refractivity contribution in [2.75, 3.05) is 19.5 Å². The zero-order valence-corrected chi connectivity index (χ0v) is 15.0. The van der Waals surface area contributed by atoms with Gasteiger partial charge in [-0.1, -0.05) is 6.07 Å². The Balaban J connectivity index is 2.15. The topological polar surface area (TPSA) is 103 Å². The van der Waals surface area contributed by atoms with Crippen LogP contribution >= 0.6 is 0 Å². The number of rotatable bonds is 6. The minimum Gasteiger partial charge on any atom is -0.497 e. The molecular formula is C18H21N3O5. The molecule has 138 valence electrons. The first-order chi connectivity index (χ1) is 12.3. The van der Waals surface area contributed by atoms with Crippen molar-refractivity contribution < 1.29 is 19.2 Å². The van der Waals surface area contributed by atoms with E-state index in [1.54, 1.807) is 52.3 Å². The van der Waals surface area contributed by atoms with Crippen molar-refractivity contribution in [2.24, 2.45) is 0 Å². The van der Waals surface area contributed by atoms with E-state index in [0.717, 1.165) is 11.1 Å². The van der Waals surface area contributed by atoms with E-state index in [4.69, 9.17) is 9.47 Å². The Kier molecular flexibility index (Phi) is 6.00. The fourth-order valence-corrected chi connectivity index (χ4v) is 2.47. The Morgan fingerprint density at radius 1 is 1.15 bits per heavy atom. The molecule has 0 saturated carbocycles. The van der Waals surface area contributed by atoms with Gasteiger partial charge in [-0.05, 0) is 37.6 Å². The lowest BCUT2D eigenvalue weighted by atomic mass is 10.1. The van der Waals surface area contributed by atoms with Crippen LogP contribution in [0.2, 0.25) is 0 Å². The van der Waals surface area contributed by atoms with Gasteiger partial charge >= 0.3 is 6.03 Å². The molecule has 0 saturated heterocycles. The number of carbonyl (C=O) groups excluding carboxylic acids is 1. The normalized spacial score (nSPS) is 11.4. The standard InChI is InChI=1S/C18H21N3O5/c1-11-5-6-13(21(23)24)9-16(11)20-18(22)19-12(2)15-10-14(25-3)7-8-17(15)26-4/h5-10,12H,1-4H3,(H2,19,20,22). The first kappa shape index (κ1) is 19.0. The van der Waals surface area contributed by atoms with Crippen LogP contribution in [0, 0.1) is 17.0 Å². The number of nitro groups is 1. The number of urea groups is 1. The summed E-state index contributed by atoms with van der Waals surface area (Å²) in [7, 11) is 3.10. The maximum atomic E-state index is 12.3. The Morgan fingerprint density at radius 3 is 2.50 bits per heavy atom. The predicted molar refractivity (Wildman–Crippen MR) is 97.9 cm³/mol. The average Bonchev–Trinajstić information content (AvgIpc) is 2.62. The summed E-state index contributed by atoms with van der Waals surface area (Å²) in [6.07, 6.45) is 0. The molecule has 1 atom stereocenters. The largest absolute Gasteiger partial charge is 0.497 e. The molecular weight excluding hydrogens is 338 g/mol. The second-order valence-electron chi connectivity index (χ2n) is 5.68. The highest BCUT2D eigenvalue weighted by Gasteiger charge is 2.17. The van der Waals surface area contributed by atoms with Crippen LogP contribution in [0.5, 0.6) is 11.5 Å². The molecule has 2 N–H and O–H groups in total. The average molecular weight is 359 g/mol. The first-order valence-corrected chi connectivity index (χ1v) is 7.90. The van der Waals surface area contributed by atoms with Gasteiger partial charge in [0.05, 0.1) is 30.9 Å². The van der Waals surface area contributed by atoms with Crippen LogP contribution in [0.25, 0.3) is 0 Å². The number of carbonyl (C=O) groups is 1. The summed E-state index contributed by atoms with van der Waals surface area (Å²) in [5.41, 5.74) is 1.75. The number of methoxy groups -OCH3 is 2. The molecule has 2 amide bonds. The van der Waals surface area contributed by atoms with Crippen LogP contribution in [-0.4, -0.2) is 25.2 Å². The van der Waals surface area contributed by atoms with Gasteiger partial charge in [-0.25, -0.2) is 4.79 Å². The van der Waals surface area contributed by atoms with Gasteiger partial charge in [-0.3, -0.25) is 10.1 Å². The third-order valence-corrected chi connectivity index (χ3v) is 3.93. The van der Waals surface area contributed by atoms with Crippen LogP contribution < -0.4 is 20.1 Å². The zero-order valence-electron chi connectivity index (χ0n) is 15.0. The molecule has 26 heavy (non-hydrogen) atoms. The molecule has 2 rings (SSSR count). The van der Waals surface area contributed by atoms with Crippen molar-refractivity contribution in [1.29, 1.82) is 0 Å². The number of nitro benzene ring substituents is 1. The monoisotopic (exact) mass is 359 g/mol. The molecule has 2 aromatic rings. The number of ether oxygens (including phenoxy) is 2. The fourth-order valence-electron chi connectivity index (χ4n) is 2.47. The van der Waals surface area contributed by atoms with E-state index in [9.17, 15) is 14.9 Å². The highest BCUT2D eigenvalue weighted by atomic mass is 16.6. The molecule has 8 heteroatoms.